The monoisotopic (exact) mass is 539 g/mol. The molecule has 0 fully saturated rings. The van der Waals surface area contributed by atoms with Crippen LogP contribution < -0.4 is 9.47 Å². The van der Waals surface area contributed by atoms with Crippen molar-refractivity contribution in [1.82, 2.24) is 0 Å². The number of benzene rings is 1. The zero-order valence-corrected chi connectivity index (χ0v) is 22.5. The van der Waals surface area contributed by atoms with Gasteiger partial charge < -0.3 is 19.0 Å². The molecule has 1 aromatic carbocycles. The van der Waals surface area contributed by atoms with E-state index >= 15 is 0 Å². The average molecular weight is 541 g/mol. The van der Waals surface area contributed by atoms with E-state index in [4.69, 9.17) is 65.5 Å². The Kier molecular flexibility index (Phi) is 16.3. The Morgan fingerprint density at radius 2 is 1.39 bits per heavy atom. The van der Waals surface area contributed by atoms with E-state index in [0.717, 1.165) is 61.2 Å². The fraction of sp³-hybridized carbons (Fsp3) is 0.542. The van der Waals surface area contributed by atoms with Crippen molar-refractivity contribution in [3.8, 4) is 11.5 Å². The van der Waals surface area contributed by atoms with Crippen LogP contribution in [0.25, 0.3) is 0 Å². The van der Waals surface area contributed by atoms with E-state index in [1.165, 1.54) is 6.08 Å². The lowest BCUT2D eigenvalue weighted by Crippen LogP contribution is -2.05. The van der Waals surface area contributed by atoms with E-state index < -0.39 is 0 Å². The Bertz CT molecular complexity index is 764. The van der Waals surface area contributed by atoms with Gasteiger partial charge in [-0.05, 0) is 73.9 Å². The summed E-state index contributed by atoms with van der Waals surface area (Å²) in [6.45, 7) is 7.78. The van der Waals surface area contributed by atoms with Gasteiger partial charge in [0.25, 0.3) is 0 Å². The summed E-state index contributed by atoms with van der Waals surface area (Å²) in [6, 6.07) is 4.05. The second-order valence-corrected chi connectivity index (χ2v) is 9.11. The highest BCUT2D eigenvalue weighted by Gasteiger charge is 2.11. The van der Waals surface area contributed by atoms with Gasteiger partial charge in [0.2, 0.25) is 5.90 Å². The summed E-state index contributed by atoms with van der Waals surface area (Å²) in [5, 5.41) is 3.83. The smallest absolute Gasteiger partial charge is 0.222 e. The van der Waals surface area contributed by atoms with Crippen LogP contribution in [-0.4, -0.2) is 32.3 Å². The molecule has 0 aliphatic rings. The van der Waals surface area contributed by atoms with Crippen LogP contribution in [0.15, 0.2) is 38.4 Å². The maximum atomic E-state index is 6.16. The van der Waals surface area contributed by atoms with Crippen LogP contribution >= 0.6 is 46.4 Å². The molecule has 1 rings (SSSR count). The molecule has 0 heterocycles. The highest BCUT2D eigenvalue weighted by molar-refractivity contribution is 6.56. The molecule has 186 valence electrons. The highest BCUT2D eigenvalue weighted by atomic mass is 35.5. The summed E-state index contributed by atoms with van der Waals surface area (Å²) >= 11 is 22.3. The minimum absolute atomic E-state index is 0.150. The van der Waals surface area contributed by atoms with Gasteiger partial charge in [-0.3, -0.25) is 0 Å². The number of ether oxygens (including phenoxy) is 3. The van der Waals surface area contributed by atoms with Crippen LogP contribution in [0, 0.1) is 0 Å². The molecule has 0 unspecified atom stereocenters. The first-order chi connectivity index (χ1) is 15.9. The van der Waals surface area contributed by atoms with E-state index in [1.54, 1.807) is 13.0 Å². The second kappa shape index (κ2) is 18.1. The van der Waals surface area contributed by atoms with Crippen molar-refractivity contribution in [2.75, 3.05) is 26.4 Å². The third-order valence-corrected chi connectivity index (χ3v) is 5.18. The van der Waals surface area contributed by atoms with E-state index in [1.807, 2.05) is 12.1 Å². The summed E-state index contributed by atoms with van der Waals surface area (Å²) in [6.07, 6.45) is 8.88. The fourth-order valence-electron chi connectivity index (χ4n) is 2.92. The van der Waals surface area contributed by atoms with Gasteiger partial charge in [-0.2, -0.15) is 0 Å². The Labute approximate surface area is 217 Å². The largest absolute Gasteiger partial charge is 0.493 e. The SMILES string of the molecule is CCc1cc(OCC=C(Cl)Cl)cc(CC)c1OCCCCCCOC(C)=NOCC=C(Cl)Cl. The average Bonchev–Trinajstić information content (AvgIpc) is 2.78. The van der Waals surface area contributed by atoms with E-state index in [0.29, 0.717) is 25.7 Å². The van der Waals surface area contributed by atoms with E-state index in [-0.39, 0.29) is 15.6 Å². The van der Waals surface area contributed by atoms with Crippen molar-refractivity contribution in [2.24, 2.45) is 5.16 Å². The molecule has 0 aromatic heterocycles. The molecule has 5 nitrogen and oxygen atoms in total. The van der Waals surface area contributed by atoms with Crippen molar-refractivity contribution in [3.63, 3.8) is 0 Å². The van der Waals surface area contributed by atoms with Gasteiger partial charge >= 0.3 is 0 Å². The predicted molar refractivity (Wildman–Crippen MR) is 139 cm³/mol. The highest BCUT2D eigenvalue weighted by Crippen LogP contribution is 2.31. The van der Waals surface area contributed by atoms with Crippen LogP contribution in [0.2, 0.25) is 0 Å². The van der Waals surface area contributed by atoms with Gasteiger partial charge in [-0.15, -0.1) is 0 Å². The van der Waals surface area contributed by atoms with Crippen LogP contribution in [0.5, 0.6) is 11.5 Å². The van der Waals surface area contributed by atoms with E-state index in [2.05, 4.69) is 19.0 Å². The lowest BCUT2D eigenvalue weighted by molar-refractivity contribution is 0.157. The molecule has 33 heavy (non-hydrogen) atoms. The lowest BCUT2D eigenvalue weighted by Gasteiger charge is -2.17. The van der Waals surface area contributed by atoms with Gasteiger partial charge in [0.05, 0.1) is 13.2 Å². The minimum Gasteiger partial charge on any atom is -0.493 e. The number of hydrogen-bond donors (Lipinski definition) is 0. The Morgan fingerprint density at radius 3 is 1.97 bits per heavy atom. The van der Waals surface area contributed by atoms with Crippen LogP contribution in [-0.2, 0) is 22.4 Å². The normalized spacial score (nSPS) is 11.1. The molecule has 0 amide bonds. The number of hydrogen-bond acceptors (Lipinski definition) is 5. The van der Waals surface area contributed by atoms with Gasteiger partial charge in [0.15, 0.2) is 0 Å². The molecule has 0 radical (unpaired) electrons. The maximum absolute atomic E-state index is 6.16. The molecule has 1 aromatic rings. The Morgan fingerprint density at radius 1 is 0.818 bits per heavy atom. The third-order valence-electron chi connectivity index (χ3n) is 4.57. The number of aryl methyl sites for hydroxylation is 2. The van der Waals surface area contributed by atoms with Crippen molar-refractivity contribution in [2.45, 2.75) is 59.3 Å². The Hall–Kier alpha value is -1.27. The molecule has 0 N–H and O–H groups in total. The Balaban J connectivity index is 2.35. The summed E-state index contributed by atoms with van der Waals surface area (Å²) in [4.78, 5) is 5.01. The number of nitrogens with zero attached hydrogens (tertiary/aromatic N) is 1. The number of halogens is 4. The molecule has 0 atom stereocenters. The van der Waals surface area contributed by atoms with Crippen molar-refractivity contribution in [3.05, 3.63) is 44.4 Å². The first kappa shape index (κ1) is 29.8. The lowest BCUT2D eigenvalue weighted by atomic mass is 10.0. The second-order valence-electron chi connectivity index (χ2n) is 7.09. The minimum atomic E-state index is 0.150. The molecule has 0 aliphatic carbocycles. The molecular weight excluding hydrogens is 508 g/mol. The zero-order valence-electron chi connectivity index (χ0n) is 19.5. The first-order valence-corrected chi connectivity index (χ1v) is 12.6. The molecule has 0 bridgehead atoms. The number of rotatable bonds is 16. The van der Waals surface area contributed by atoms with Crippen molar-refractivity contribution in [1.29, 1.82) is 0 Å². The molecular formula is C24H33Cl4NO4. The van der Waals surface area contributed by atoms with Crippen molar-refractivity contribution < 1.29 is 19.0 Å². The maximum Gasteiger partial charge on any atom is 0.222 e. The molecule has 9 heteroatoms. The zero-order chi connectivity index (χ0) is 24.5. The molecule has 0 saturated heterocycles. The van der Waals surface area contributed by atoms with Gasteiger partial charge in [-0.25, -0.2) is 0 Å². The fourth-order valence-corrected chi connectivity index (χ4v) is 3.18. The number of unbranched alkanes of at least 4 members (excludes halogenated alkanes) is 3. The summed E-state index contributed by atoms with van der Waals surface area (Å²) in [5.41, 5.74) is 2.28. The predicted octanol–water partition coefficient (Wildman–Crippen LogP) is 8.13. The van der Waals surface area contributed by atoms with Gasteiger partial charge in [0, 0.05) is 6.92 Å². The third kappa shape index (κ3) is 13.9. The summed E-state index contributed by atoms with van der Waals surface area (Å²) < 4.78 is 17.8. The van der Waals surface area contributed by atoms with Gasteiger partial charge in [-0.1, -0.05) is 65.4 Å². The van der Waals surface area contributed by atoms with Crippen LogP contribution in [0.1, 0.15) is 57.6 Å². The summed E-state index contributed by atoms with van der Waals surface area (Å²) in [5.74, 6) is 2.25. The number of oxime groups is 1. The van der Waals surface area contributed by atoms with Crippen molar-refractivity contribution >= 4 is 52.3 Å². The van der Waals surface area contributed by atoms with Gasteiger partial charge in [0.1, 0.15) is 33.7 Å². The molecule has 0 aliphatic heterocycles. The molecule has 0 saturated carbocycles. The topological polar surface area (TPSA) is 49.3 Å². The van der Waals surface area contributed by atoms with Crippen LogP contribution in [0.3, 0.4) is 0 Å². The quantitative estimate of drug-likeness (QED) is 0.0918. The van der Waals surface area contributed by atoms with E-state index in [9.17, 15) is 0 Å². The van der Waals surface area contributed by atoms with Crippen LogP contribution in [0.4, 0.5) is 0 Å². The standard InChI is InChI=1S/C24H33Cl4NO4/c1-4-19-16-21(31-14-10-22(25)26)17-20(5-2)24(19)32-13-9-7-6-8-12-30-18(3)29-33-15-11-23(27)28/h10-11,16-17H,4-9,12-15H2,1-3H3. The first-order valence-electron chi connectivity index (χ1n) is 11.1. The molecule has 0 spiro atoms. The summed E-state index contributed by atoms with van der Waals surface area (Å²) in [7, 11) is 0.